The number of nitrogens with two attached hydrogens (primary N) is 1. The minimum Gasteiger partial charge on any atom is -0.481 e. The zero-order chi connectivity index (χ0) is 60.9. The summed E-state index contributed by atoms with van der Waals surface area (Å²) in [4.78, 5) is 138. The predicted octanol–water partition coefficient (Wildman–Crippen LogP) is 4.55. The normalized spacial score (nSPS) is 12.4. The van der Waals surface area contributed by atoms with Crippen LogP contribution in [0.1, 0.15) is 193 Å². The van der Waals surface area contributed by atoms with Gasteiger partial charge in [-0.2, -0.15) is 0 Å². The number of primary amides is 1. The molecule has 0 aliphatic heterocycles. The Bertz CT molecular complexity index is 1790. The molecule has 468 valence electrons. The van der Waals surface area contributed by atoms with Gasteiger partial charge in [-0.1, -0.05) is 90.4 Å². The molecule has 1 unspecified atom stereocenters. The van der Waals surface area contributed by atoms with Crippen molar-refractivity contribution in [3.05, 3.63) is 0 Å². The van der Waals surface area contributed by atoms with E-state index in [1.807, 2.05) is 6.92 Å². The number of carbonyl (C=O) groups excluding carboxylic acids is 7. The highest BCUT2D eigenvalue weighted by atomic mass is 31.0. The van der Waals surface area contributed by atoms with Gasteiger partial charge in [-0.15, -0.1) is 0 Å². The summed E-state index contributed by atoms with van der Waals surface area (Å²) in [5.74, 6) is -8.99. The average Bonchev–Trinajstić information content (AvgIpc) is 3.42. The zero-order valence-electron chi connectivity index (χ0n) is 47.9. The molecule has 0 aromatic carbocycles. The number of carbonyl (C=O) groups is 11. The van der Waals surface area contributed by atoms with Gasteiger partial charge in [-0.25, -0.2) is 9.59 Å². The summed E-state index contributed by atoms with van der Waals surface area (Å²) in [5, 5.41) is 47.5. The van der Waals surface area contributed by atoms with Crippen LogP contribution >= 0.6 is 9.47 Å². The molecule has 0 aliphatic rings. The molecule has 26 heteroatoms. The maximum atomic E-state index is 12.5. The molecule has 0 saturated heterocycles. The lowest BCUT2D eigenvalue weighted by Crippen LogP contribution is -2.42. The average molecular weight is 1180 g/mol. The van der Waals surface area contributed by atoms with Crippen molar-refractivity contribution in [1.82, 2.24) is 21.3 Å². The number of rotatable bonds is 57. The Kier molecular flexibility index (Phi) is 52.0. The van der Waals surface area contributed by atoms with Crippen LogP contribution < -0.4 is 27.0 Å². The van der Waals surface area contributed by atoms with Crippen molar-refractivity contribution in [1.29, 1.82) is 0 Å². The number of unbranched alkanes of at least 4 members (excludes halogenated alkanes) is 14. The van der Waals surface area contributed by atoms with Crippen LogP contribution in [0, 0.1) is 11.8 Å². The first kappa shape index (κ1) is 77.9. The van der Waals surface area contributed by atoms with Crippen molar-refractivity contribution >= 4 is 74.4 Å². The molecule has 0 rings (SSSR count). The molecule has 11 N–H and O–H groups in total. The summed E-state index contributed by atoms with van der Waals surface area (Å²) in [7, 11) is 1.42. The van der Waals surface area contributed by atoms with Gasteiger partial charge in [0.15, 0.2) is 5.78 Å². The van der Waals surface area contributed by atoms with Crippen molar-refractivity contribution in [3.8, 4) is 0 Å². The zero-order valence-corrected chi connectivity index (χ0v) is 49.1. The first-order valence-corrected chi connectivity index (χ1v) is 29.3. The summed E-state index contributed by atoms with van der Waals surface area (Å²) in [5.41, 5.74) is 5.33. The number of carboxylic acid groups (broad SMARTS) is 4. The molecule has 0 aromatic heterocycles. The van der Waals surface area contributed by atoms with Gasteiger partial charge < -0.3 is 71.3 Å². The summed E-state index contributed by atoms with van der Waals surface area (Å²) < 4.78 is 21.4. The largest absolute Gasteiger partial charge is 0.481 e. The first-order chi connectivity index (χ1) is 38.9. The van der Waals surface area contributed by atoms with Crippen LogP contribution in [0.2, 0.25) is 0 Å². The second-order valence-electron chi connectivity index (χ2n) is 19.8. The number of aliphatic carboxylic acids is 4. The van der Waals surface area contributed by atoms with Gasteiger partial charge in [0.05, 0.1) is 39.0 Å². The van der Waals surface area contributed by atoms with E-state index in [2.05, 4.69) is 21.3 Å². The number of carboxylic acids is 4. The van der Waals surface area contributed by atoms with Crippen molar-refractivity contribution < 1.29 is 97.0 Å². The summed E-state index contributed by atoms with van der Waals surface area (Å²) in [6.45, 7) is 2.48. The third-order valence-corrected chi connectivity index (χ3v) is 13.0. The smallest absolute Gasteiger partial charge is 0.326 e. The molecular weight excluding hydrogens is 1080 g/mol. The van der Waals surface area contributed by atoms with Crippen LogP contribution in [0.25, 0.3) is 0 Å². The van der Waals surface area contributed by atoms with E-state index < -0.39 is 78.4 Å². The highest BCUT2D eigenvalue weighted by Gasteiger charge is 2.26. The van der Waals surface area contributed by atoms with Crippen molar-refractivity contribution in [2.75, 3.05) is 65.9 Å². The van der Waals surface area contributed by atoms with E-state index in [0.717, 1.165) is 51.4 Å². The highest BCUT2D eigenvalue weighted by molar-refractivity contribution is 7.08. The lowest BCUT2D eigenvalue weighted by molar-refractivity contribution is -0.145. The Morgan fingerprint density at radius 2 is 0.877 bits per heavy atom. The van der Waals surface area contributed by atoms with E-state index in [0.29, 0.717) is 45.1 Å². The Morgan fingerprint density at radius 3 is 1.40 bits per heavy atom. The van der Waals surface area contributed by atoms with Crippen LogP contribution in [-0.2, 0) is 71.7 Å². The second-order valence-corrected chi connectivity index (χ2v) is 19.8. The van der Waals surface area contributed by atoms with E-state index >= 15 is 0 Å². The number of hydrogen-bond donors (Lipinski definition) is 10. The number of ether oxygens (including phenoxy) is 4. The van der Waals surface area contributed by atoms with E-state index in [1.54, 1.807) is 0 Å². The quantitative estimate of drug-likeness (QED) is 0.0295. The molecule has 5 atom stereocenters. The van der Waals surface area contributed by atoms with E-state index in [-0.39, 0.29) is 134 Å². The molecular formula is C55H98N5O20P. The standard InChI is InChI=1S/C55H95N5O19.H3OP/c1-2-41(52(56)69)20-17-18-30-57-47(63)29-27-46(55(74)75)60-49(65)28-24-42(53(70)71)38-44(62)39-78-36-35-77-33-31-58-50(66)40-79-37-34-76-32-19-21-43(61)25-26-45(54(72)73)59-48(64)22-15-13-11-9-7-5-3-4-6-8-10-12-14-16-23-51(67)68;1-2/h41-42,45-46H,2-40H2,1H3,(H2,56,69)(H,57,63)(H,58,66)(H,59,64)(H,60,65)(H,67,68)(H,70,71)(H,72,73)(H,74,75);1H,2H2/t41-,42+,45-,46-;/m0./s1. The minimum atomic E-state index is -1.39. The Balaban J connectivity index is 0. The van der Waals surface area contributed by atoms with Crippen molar-refractivity contribution in [2.45, 2.75) is 205 Å². The number of amides is 5. The predicted molar refractivity (Wildman–Crippen MR) is 301 cm³/mol. The molecule has 5 amide bonds. The Morgan fingerprint density at radius 1 is 0.407 bits per heavy atom. The Labute approximate surface area is 480 Å². The molecule has 25 nitrogen and oxygen atoms in total. The number of nitrogens with one attached hydrogen (secondary N) is 4. The van der Waals surface area contributed by atoms with Gasteiger partial charge >= 0.3 is 23.9 Å². The maximum Gasteiger partial charge on any atom is 0.326 e. The fourth-order valence-corrected chi connectivity index (χ4v) is 8.24. The Hall–Kier alpha value is -5.20. The summed E-state index contributed by atoms with van der Waals surface area (Å²) in [6.07, 6.45) is 17.0. The molecule has 0 fully saturated rings. The minimum absolute atomic E-state index is 0.000126. The lowest BCUT2D eigenvalue weighted by Gasteiger charge is -2.16. The molecule has 0 aliphatic carbocycles. The van der Waals surface area contributed by atoms with E-state index in [9.17, 15) is 68.1 Å². The van der Waals surface area contributed by atoms with Gasteiger partial charge in [-0.05, 0) is 67.3 Å². The molecule has 0 heterocycles. The SMILES string of the molecule is CC[C@@H](CCCCNC(=O)CC[C@H](NC(=O)CC[C@H](CC(=O)COCCOCCNC(=O)COCCOCCCC(=O)CC[C@H](NC(=O)CCCCCCCCCCCCCCCCC(=O)O)C(=O)O)C(=O)O)C(=O)O)C(N)=O.OP. The van der Waals surface area contributed by atoms with Crippen LogP contribution in [0.5, 0.6) is 0 Å². The third-order valence-electron chi connectivity index (χ3n) is 13.0. The molecule has 81 heavy (non-hydrogen) atoms. The molecule has 0 spiro atoms. The molecule has 0 bridgehead atoms. The second kappa shape index (κ2) is 54.1. The fourth-order valence-electron chi connectivity index (χ4n) is 8.24. The van der Waals surface area contributed by atoms with Gasteiger partial charge in [0, 0.05) is 70.6 Å². The van der Waals surface area contributed by atoms with Crippen LogP contribution in [-0.4, -0.2) is 168 Å². The topological polar surface area (TPSA) is 400 Å². The molecule has 0 aromatic rings. The monoisotopic (exact) mass is 1180 g/mol. The molecule has 0 saturated carbocycles. The van der Waals surface area contributed by atoms with Crippen LogP contribution in [0.15, 0.2) is 0 Å². The van der Waals surface area contributed by atoms with Crippen molar-refractivity contribution in [2.24, 2.45) is 17.6 Å². The summed E-state index contributed by atoms with van der Waals surface area (Å²) >= 11 is 0. The van der Waals surface area contributed by atoms with Crippen LogP contribution in [0.3, 0.4) is 0 Å². The van der Waals surface area contributed by atoms with Gasteiger partial charge in [0.25, 0.3) is 0 Å². The number of Topliss-reactive ketones (excluding diaryl/α,β-unsaturated/α-hetero) is 2. The summed E-state index contributed by atoms with van der Waals surface area (Å²) in [6, 6.07) is -2.53. The van der Waals surface area contributed by atoms with E-state index in [1.165, 1.54) is 41.6 Å². The van der Waals surface area contributed by atoms with E-state index in [4.69, 9.17) is 34.7 Å². The van der Waals surface area contributed by atoms with Gasteiger partial charge in [-0.3, -0.25) is 43.2 Å². The first-order valence-electron chi connectivity index (χ1n) is 28.8. The highest BCUT2D eigenvalue weighted by Crippen LogP contribution is 2.16. The van der Waals surface area contributed by atoms with Gasteiger partial charge in [0.2, 0.25) is 29.5 Å². The van der Waals surface area contributed by atoms with Crippen molar-refractivity contribution in [3.63, 3.8) is 0 Å². The number of ketones is 2. The fraction of sp³-hybridized carbons (Fsp3) is 0.800. The maximum absolute atomic E-state index is 12.5. The van der Waals surface area contributed by atoms with Gasteiger partial charge in [0.1, 0.15) is 31.1 Å². The molecule has 0 radical (unpaired) electrons. The number of hydrogen-bond acceptors (Lipinski definition) is 16. The third kappa shape index (κ3) is 50.3. The van der Waals surface area contributed by atoms with Crippen LogP contribution in [0.4, 0.5) is 0 Å². The lowest BCUT2D eigenvalue weighted by atomic mass is 9.97.